The Kier molecular flexibility index (Phi) is 6.57. The molecule has 1 fully saturated rings. The predicted molar refractivity (Wildman–Crippen MR) is 145 cm³/mol. The highest BCUT2D eigenvalue weighted by molar-refractivity contribution is 5.90. The lowest BCUT2D eigenvalue weighted by molar-refractivity contribution is -0.129. The van der Waals surface area contributed by atoms with Gasteiger partial charge in [-0.1, -0.05) is 6.92 Å². The lowest BCUT2D eigenvalue weighted by Gasteiger charge is -2.33. The minimum Gasteiger partial charge on any atom is -0.486 e. The molecular formula is C29H34N4O6. The molecule has 39 heavy (non-hydrogen) atoms. The SMILES string of the molecule is CCC(C)(O)c1cc2n(c(=O)c1COC=O)Cc1c-2nc2cc3c(cc2c1CN1CCN(C)CC1)OCCO3. The maximum Gasteiger partial charge on any atom is 0.293 e. The van der Waals surface area contributed by atoms with Gasteiger partial charge >= 0.3 is 0 Å². The summed E-state index contributed by atoms with van der Waals surface area (Å²) in [5.41, 5.74) is 3.47. The zero-order valence-corrected chi connectivity index (χ0v) is 22.7. The van der Waals surface area contributed by atoms with E-state index in [-0.39, 0.29) is 17.7 Å². The third kappa shape index (κ3) is 4.46. The lowest BCUT2D eigenvalue weighted by atomic mass is 9.89. The van der Waals surface area contributed by atoms with Gasteiger partial charge in [0.05, 0.1) is 34.6 Å². The van der Waals surface area contributed by atoms with Crippen LogP contribution in [0.3, 0.4) is 0 Å². The van der Waals surface area contributed by atoms with Crippen LogP contribution in [0.1, 0.15) is 42.5 Å². The Balaban J connectivity index is 1.56. The first kappa shape index (κ1) is 25.8. The first-order valence-corrected chi connectivity index (χ1v) is 13.5. The van der Waals surface area contributed by atoms with E-state index in [4.69, 9.17) is 19.2 Å². The van der Waals surface area contributed by atoms with Crippen LogP contribution in [0.4, 0.5) is 0 Å². The summed E-state index contributed by atoms with van der Waals surface area (Å²) in [6.45, 7) is 9.59. The summed E-state index contributed by atoms with van der Waals surface area (Å²) in [5, 5.41) is 12.2. The summed E-state index contributed by atoms with van der Waals surface area (Å²) in [7, 11) is 2.14. The fourth-order valence-electron chi connectivity index (χ4n) is 5.83. The van der Waals surface area contributed by atoms with Crippen LogP contribution >= 0.6 is 0 Å². The van der Waals surface area contributed by atoms with Gasteiger partial charge in [-0.2, -0.15) is 0 Å². The molecule has 0 aliphatic carbocycles. The average Bonchev–Trinajstić information content (AvgIpc) is 3.31. The third-order valence-electron chi connectivity index (χ3n) is 8.37. The van der Waals surface area contributed by atoms with Crippen LogP contribution in [0.25, 0.3) is 22.3 Å². The van der Waals surface area contributed by atoms with Crippen molar-refractivity contribution in [2.24, 2.45) is 0 Å². The molecule has 10 heteroatoms. The highest BCUT2D eigenvalue weighted by Crippen LogP contribution is 2.42. The standard InChI is InChI=1S/C29H34N4O6/c1-4-29(2,36)22-12-24-27-20(15-33(24)28(35)21(22)16-37-17-34)19(14-32-7-5-31(3)6-8-32)18-11-25-26(13-23(18)30-27)39-10-9-38-25/h11-13,17,36H,4-10,14-16H2,1-3H3. The molecule has 206 valence electrons. The Hall–Kier alpha value is -3.47. The topological polar surface area (TPSA) is 106 Å². The Bertz CT molecular complexity index is 1510. The van der Waals surface area contributed by atoms with Crippen molar-refractivity contribution in [3.05, 3.63) is 50.8 Å². The fraction of sp³-hybridized carbons (Fsp3) is 0.483. The van der Waals surface area contributed by atoms with Crippen molar-refractivity contribution in [2.75, 3.05) is 46.4 Å². The van der Waals surface area contributed by atoms with Crippen molar-refractivity contribution in [1.82, 2.24) is 19.4 Å². The summed E-state index contributed by atoms with van der Waals surface area (Å²) in [4.78, 5) is 34.7. The number of carbonyl (C=O) groups excluding carboxylic acids is 1. The molecule has 0 saturated carbocycles. The molecule has 3 aliphatic rings. The van der Waals surface area contributed by atoms with Crippen LogP contribution in [0.2, 0.25) is 0 Å². The second-order valence-electron chi connectivity index (χ2n) is 10.9. The molecule has 1 aromatic carbocycles. The van der Waals surface area contributed by atoms with Crippen molar-refractivity contribution in [3.8, 4) is 22.9 Å². The van der Waals surface area contributed by atoms with Crippen molar-refractivity contribution in [1.29, 1.82) is 0 Å². The van der Waals surface area contributed by atoms with Crippen LogP contribution in [-0.4, -0.2) is 77.4 Å². The summed E-state index contributed by atoms with van der Waals surface area (Å²) in [6.07, 6.45) is 0.389. The van der Waals surface area contributed by atoms with Crippen LogP contribution in [0.5, 0.6) is 11.5 Å². The molecule has 5 heterocycles. The third-order valence-corrected chi connectivity index (χ3v) is 8.37. The van der Waals surface area contributed by atoms with Crippen LogP contribution in [0.15, 0.2) is 23.0 Å². The first-order valence-electron chi connectivity index (χ1n) is 13.5. The molecule has 1 N–H and O–H groups in total. The number of aromatic nitrogens is 2. The minimum absolute atomic E-state index is 0.199. The number of aliphatic hydroxyl groups is 1. The van der Waals surface area contributed by atoms with Gasteiger partial charge in [0.25, 0.3) is 12.0 Å². The molecule has 1 atom stereocenters. The monoisotopic (exact) mass is 534 g/mol. The van der Waals surface area contributed by atoms with Gasteiger partial charge in [0.2, 0.25) is 0 Å². The van der Waals surface area contributed by atoms with Gasteiger partial charge in [0.1, 0.15) is 19.8 Å². The maximum atomic E-state index is 13.8. The number of ether oxygens (including phenoxy) is 3. The number of pyridine rings is 2. The predicted octanol–water partition coefficient (Wildman–Crippen LogP) is 2.23. The zero-order valence-electron chi connectivity index (χ0n) is 22.7. The van der Waals surface area contributed by atoms with Gasteiger partial charge < -0.3 is 28.8 Å². The number of likely N-dealkylation sites (N-methyl/N-ethyl adjacent to an activating group) is 1. The van der Waals surface area contributed by atoms with E-state index in [0.717, 1.165) is 60.4 Å². The smallest absolute Gasteiger partial charge is 0.293 e. The molecule has 0 radical (unpaired) electrons. The van der Waals surface area contributed by atoms with Gasteiger partial charge in [-0.3, -0.25) is 14.5 Å². The molecule has 1 unspecified atom stereocenters. The average molecular weight is 535 g/mol. The molecule has 3 aliphatic heterocycles. The molecule has 6 rings (SSSR count). The largest absolute Gasteiger partial charge is 0.486 e. The zero-order chi connectivity index (χ0) is 27.3. The van der Waals surface area contributed by atoms with Gasteiger partial charge in [-0.05, 0) is 43.7 Å². The van der Waals surface area contributed by atoms with E-state index < -0.39 is 5.60 Å². The number of carbonyl (C=O) groups is 1. The number of hydrogen-bond donors (Lipinski definition) is 1. The maximum absolute atomic E-state index is 13.8. The minimum atomic E-state index is -1.27. The Morgan fingerprint density at radius 2 is 1.82 bits per heavy atom. The van der Waals surface area contributed by atoms with Gasteiger partial charge in [0.15, 0.2) is 11.5 Å². The highest BCUT2D eigenvalue weighted by atomic mass is 16.6. The number of benzene rings is 1. The fourth-order valence-corrected chi connectivity index (χ4v) is 5.83. The van der Waals surface area contributed by atoms with E-state index in [9.17, 15) is 14.7 Å². The van der Waals surface area contributed by atoms with E-state index in [0.29, 0.717) is 55.4 Å². The number of nitrogens with zero attached hydrogens (tertiary/aromatic N) is 4. The normalized spacial score (nSPS) is 18.5. The summed E-state index contributed by atoms with van der Waals surface area (Å²) < 4.78 is 18.5. The number of hydrogen-bond acceptors (Lipinski definition) is 9. The number of fused-ring (bicyclic) bond motifs is 5. The number of rotatable bonds is 7. The quantitative estimate of drug-likeness (QED) is 0.357. The molecule has 2 aromatic heterocycles. The van der Waals surface area contributed by atoms with Crippen molar-refractivity contribution in [2.45, 2.75) is 45.6 Å². The van der Waals surface area contributed by atoms with Crippen LogP contribution in [0, 0.1) is 0 Å². The number of piperazine rings is 1. The summed E-state index contributed by atoms with van der Waals surface area (Å²) >= 11 is 0. The van der Waals surface area contributed by atoms with E-state index in [1.807, 2.05) is 25.1 Å². The van der Waals surface area contributed by atoms with Crippen LogP contribution in [-0.2, 0) is 34.8 Å². The van der Waals surface area contributed by atoms with E-state index in [1.165, 1.54) is 0 Å². The molecule has 3 aromatic rings. The molecule has 0 spiro atoms. The second-order valence-corrected chi connectivity index (χ2v) is 10.9. The van der Waals surface area contributed by atoms with Gasteiger partial charge in [-0.25, -0.2) is 4.98 Å². The van der Waals surface area contributed by atoms with Crippen molar-refractivity contribution < 1.29 is 24.1 Å². The van der Waals surface area contributed by atoms with Crippen molar-refractivity contribution in [3.63, 3.8) is 0 Å². The van der Waals surface area contributed by atoms with Gasteiger partial charge in [0, 0.05) is 49.7 Å². The molecule has 1 saturated heterocycles. The molecule has 0 amide bonds. The van der Waals surface area contributed by atoms with Crippen molar-refractivity contribution >= 4 is 17.4 Å². The molecule has 10 nitrogen and oxygen atoms in total. The van der Waals surface area contributed by atoms with E-state index >= 15 is 0 Å². The first-order chi connectivity index (χ1) is 18.8. The highest BCUT2D eigenvalue weighted by Gasteiger charge is 2.34. The summed E-state index contributed by atoms with van der Waals surface area (Å²) in [6, 6.07) is 5.79. The second kappa shape index (κ2) is 9.93. The van der Waals surface area contributed by atoms with E-state index in [1.54, 1.807) is 11.5 Å². The van der Waals surface area contributed by atoms with E-state index in [2.05, 4.69) is 16.8 Å². The Morgan fingerprint density at radius 1 is 1.10 bits per heavy atom. The van der Waals surface area contributed by atoms with Crippen LogP contribution < -0.4 is 15.0 Å². The Morgan fingerprint density at radius 3 is 2.51 bits per heavy atom. The lowest BCUT2D eigenvalue weighted by Crippen LogP contribution is -2.44. The Labute approximate surface area is 226 Å². The molecular weight excluding hydrogens is 500 g/mol. The molecule has 0 bridgehead atoms. The summed E-state index contributed by atoms with van der Waals surface area (Å²) in [5.74, 6) is 1.37. The van der Waals surface area contributed by atoms with Gasteiger partial charge in [-0.15, -0.1) is 0 Å².